The quantitative estimate of drug-likeness (QED) is 0.841. The van der Waals surface area contributed by atoms with Gasteiger partial charge < -0.3 is 15.4 Å². The lowest BCUT2D eigenvalue weighted by atomic mass is 10.3. The third-order valence-electron chi connectivity index (χ3n) is 2.47. The molecule has 2 N–H and O–H groups in total. The van der Waals surface area contributed by atoms with E-state index in [0.717, 1.165) is 6.42 Å². The second-order valence-corrected chi connectivity index (χ2v) is 4.88. The maximum absolute atomic E-state index is 6.13. The van der Waals surface area contributed by atoms with Crippen molar-refractivity contribution in [3.8, 4) is 6.01 Å². The van der Waals surface area contributed by atoms with Gasteiger partial charge in [-0.05, 0) is 18.6 Å². The Labute approximate surface area is 132 Å². The lowest BCUT2D eigenvalue weighted by molar-refractivity contribution is 0.292. The van der Waals surface area contributed by atoms with Crippen LogP contribution < -0.4 is 15.4 Å². The molecule has 0 amide bonds. The zero-order valence-corrected chi connectivity index (χ0v) is 13.2. The summed E-state index contributed by atoms with van der Waals surface area (Å²) in [5.41, 5.74) is 0.610. The largest absolute Gasteiger partial charge is 0.463 e. The van der Waals surface area contributed by atoms with Gasteiger partial charge in [0.2, 0.25) is 11.9 Å². The molecule has 0 bridgehead atoms. The fourth-order valence-corrected chi connectivity index (χ4v) is 1.85. The van der Waals surface area contributed by atoms with Crippen molar-refractivity contribution in [1.29, 1.82) is 0 Å². The zero-order valence-electron chi connectivity index (χ0n) is 11.7. The van der Waals surface area contributed by atoms with Gasteiger partial charge in [-0.1, -0.05) is 36.2 Å². The van der Waals surface area contributed by atoms with Crippen LogP contribution in [0.3, 0.4) is 0 Å². The summed E-state index contributed by atoms with van der Waals surface area (Å²) < 4.78 is 5.43. The van der Waals surface area contributed by atoms with Gasteiger partial charge in [0.1, 0.15) is 0 Å². The highest BCUT2D eigenvalue weighted by molar-refractivity contribution is 6.43. The van der Waals surface area contributed by atoms with Crippen molar-refractivity contribution >= 4 is 40.8 Å². The number of nitrogens with zero attached hydrogens (tertiary/aromatic N) is 3. The highest BCUT2D eigenvalue weighted by atomic mass is 35.5. The molecule has 2 rings (SSSR count). The highest BCUT2D eigenvalue weighted by Gasteiger charge is 2.10. The second-order valence-electron chi connectivity index (χ2n) is 4.09. The van der Waals surface area contributed by atoms with E-state index in [1.807, 2.05) is 6.92 Å². The van der Waals surface area contributed by atoms with Crippen LogP contribution in [0.2, 0.25) is 10.0 Å². The van der Waals surface area contributed by atoms with Crippen LogP contribution in [0.1, 0.15) is 13.3 Å². The number of halogens is 2. The lowest BCUT2D eigenvalue weighted by Crippen LogP contribution is -2.07. The van der Waals surface area contributed by atoms with Crippen LogP contribution in [-0.2, 0) is 0 Å². The van der Waals surface area contributed by atoms with E-state index in [1.165, 1.54) is 0 Å². The molecule has 0 radical (unpaired) electrons. The smallest absolute Gasteiger partial charge is 0.323 e. The summed E-state index contributed by atoms with van der Waals surface area (Å²) >= 11 is 12.1. The molecule has 0 atom stereocenters. The zero-order chi connectivity index (χ0) is 15.2. The first-order chi connectivity index (χ1) is 10.1. The molecule has 1 aromatic heterocycles. The molecule has 112 valence electrons. The van der Waals surface area contributed by atoms with Crippen LogP contribution in [0.15, 0.2) is 18.2 Å². The van der Waals surface area contributed by atoms with E-state index >= 15 is 0 Å². The summed E-state index contributed by atoms with van der Waals surface area (Å²) in [6.45, 7) is 2.54. The van der Waals surface area contributed by atoms with Crippen molar-refractivity contribution in [2.75, 3.05) is 24.3 Å². The van der Waals surface area contributed by atoms with Crippen molar-refractivity contribution < 1.29 is 4.74 Å². The monoisotopic (exact) mass is 327 g/mol. The number of benzene rings is 1. The SMILES string of the molecule is CCCOc1nc(NC)nc(Nc2cccc(Cl)c2Cl)n1. The summed E-state index contributed by atoms with van der Waals surface area (Å²) in [5, 5.41) is 6.72. The fourth-order valence-electron chi connectivity index (χ4n) is 1.50. The standard InChI is InChI=1S/C13H15Cl2N5O/c1-3-7-21-13-19-11(16-2)18-12(20-13)17-9-6-4-5-8(14)10(9)15/h4-6H,3,7H2,1-2H3,(H2,16,17,18,19,20). The Balaban J connectivity index is 2.28. The number of hydrogen-bond acceptors (Lipinski definition) is 6. The van der Waals surface area contributed by atoms with Crippen molar-refractivity contribution in [3.05, 3.63) is 28.2 Å². The average molecular weight is 328 g/mol. The molecular formula is C13H15Cl2N5O. The number of hydrogen-bond donors (Lipinski definition) is 2. The molecule has 0 fully saturated rings. The molecule has 21 heavy (non-hydrogen) atoms. The van der Waals surface area contributed by atoms with Crippen LogP contribution in [0, 0.1) is 0 Å². The maximum Gasteiger partial charge on any atom is 0.323 e. The van der Waals surface area contributed by atoms with Gasteiger partial charge in [0.05, 0.1) is 22.3 Å². The fraction of sp³-hybridized carbons (Fsp3) is 0.308. The molecule has 0 aliphatic rings. The molecule has 2 aromatic rings. The minimum absolute atomic E-state index is 0.247. The first-order valence-electron chi connectivity index (χ1n) is 6.41. The van der Waals surface area contributed by atoms with Crippen LogP contribution in [-0.4, -0.2) is 28.6 Å². The Kier molecular flexibility index (Phi) is 5.41. The molecule has 0 saturated carbocycles. The van der Waals surface area contributed by atoms with E-state index in [0.29, 0.717) is 34.2 Å². The maximum atomic E-state index is 6.13. The number of ether oxygens (including phenoxy) is 1. The van der Waals surface area contributed by atoms with E-state index in [-0.39, 0.29) is 6.01 Å². The summed E-state index contributed by atoms with van der Waals surface area (Å²) in [4.78, 5) is 12.5. The predicted octanol–water partition coefficient (Wildman–Crippen LogP) is 3.75. The first-order valence-corrected chi connectivity index (χ1v) is 7.17. The lowest BCUT2D eigenvalue weighted by Gasteiger charge is -2.10. The molecule has 0 saturated heterocycles. The highest BCUT2D eigenvalue weighted by Crippen LogP contribution is 2.31. The van der Waals surface area contributed by atoms with Crippen LogP contribution in [0.4, 0.5) is 17.6 Å². The summed E-state index contributed by atoms with van der Waals surface area (Å²) in [6.07, 6.45) is 0.865. The molecule has 0 aliphatic heterocycles. The average Bonchev–Trinajstić information content (AvgIpc) is 2.49. The van der Waals surface area contributed by atoms with Gasteiger partial charge in [-0.3, -0.25) is 0 Å². The molecule has 0 unspecified atom stereocenters. The van der Waals surface area contributed by atoms with E-state index in [2.05, 4.69) is 25.6 Å². The molecule has 6 nitrogen and oxygen atoms in total. The van der Waals surface area contributed by atoms with Gasteiger partial charge in [0, 0.05) is 7.05 Å². The summed E-state index contributed by atoms with van der Waals surface area (Å²) in [6, 6.07) is 5.52. The normalized spacial score (nSPS) is 10.3. The Hall–Kier alpha value is -1.79. The Morgan fingerprint density at radius 1 is 1.14 bits per heavy atom. The Morgan fingerprint density at radius 2 is 1.90 bits per heavy atom. The number of rotatable bonds is 6. The van der Waals surface area contributed by atoms with Crippen molar-refractivity contribution in [2.45, 2.75) is 13.3 Å². The van der Waals surface area contributed by atoms with Crippen molar-refractivity contribution in [1.82, 2.24) is 15.0 Å². The minimum atomic E-state index is 0.247. The Bertz CT molecular complexity index is 624. The summed E-state index contributed by atoms with van der Waals surface area (Å²) in [5.74, 6) is 0.723. The predicted molar refractivity (Wildman–Crippen MR) is 84.9 cm³/mol. The molecule has 0 spiro atoms. The topological polar surface area (TPSA) is 72.0 Å². The number of anilines is 3. The number of nitrogens with one attached hydrogen (secondary N) is 2. The molecule has 0 aliphatic carbocycles. The van der Waals surface area contributed by atoms with Gasteiger partial charge in [0.25, 0.3) is 0 Å². The van der Waals surface area contributed by atoms with Crippen LogP contribution in [0.25, 0.3) is 0 Å². The van der Waals surface area contributed by atoms with Gasteiger partial charge in [-0.25, -0.2) is 0 Å². The van der Waals surface area contributed by atoms with E-state index in [4.69, 9.17) is 27.9 Å². The van der Waals surface area contributed by atoms with Crippen molar-refractivity contribution in [2.24, 2.45) is 0 Å². The third kappa shape index (κ3) is 4.09. The van der Waals surface area contributed by atoms with E-state index < -0.39 is 0 Å². The van der Waals surface area contributed by atoms with Gasteiger partial charge in [-0.2, -0.15) is 15.0 Å². The molecule has 1 heterocycles. The number of aromatic nitrogens is 3. The van der Waals surface area contributed by atoms with Crippen LogP contribution >= 0.6 is 23.2 Å². The van der Waals surface area contributed by atoms with Gasteiger partial charge >= 0.3 is 6.01 Å². The minimum Gasteiger partial charge on any atom is -0.463 e. The summed E-state index contributed by atoms with van der Waals surface area (Å²) in [7, 11) is 1.72. The van der Waals surface area contributed by atoms with E-state index in [9.17, 15) is 0 Å². The Morgan fingerprint density at radius 3 is 2.62 bits per heavy atom. The first kappa shape index (κ1) is 15.6. The molecular weight excluding hydrogens is 313 g/mol. The molecule has 8 heteroatoms. The third-order valence-corrected chi connectivity index (χ3v) is 3.29. The molecule has 1 aromatic carbocycles. The second kappa shape index (κ2) is 7.28. The van der Waals surface area contributed by atoms with E-state index in [1.54, 1.807) is 25.2 Å². The van der Waals surface area contributed by atoms with Gasteiger partial charge in [0.15, 0.2) is 0 Å². The van der Waals surface area contributed by atoms with Gasteiger partial charge in [-0.15, -0.1) is 0 Å². The van der Waals surface area contributed by atoms with Crippen molar-refractivity contribution in [3.63, 3.8) is 0 Å². The van der Waals surface area contributed by atoms with Crippen LogP contribution in [0.5, 0.6) is 6.01 Å².